The Labute approximate surface area is 140 Å². The van der Waals surface area contributed by atoms with Gasteiger partial charge in [-0.1, -0.05) is 0 Å². The van der Waals surface area contributed by atoms with E-state index < -0.39 is 11.8 Å². The van der Waals surface area contributed by atoms with Gasteiger partial charge in [0.25, 0.3) is 0 Å². The van der Waals surface area contributed by atoms with Crippen molar-refractivity contribution in [1.29, 1.82) is 0 Å². The number of carboxylic acids is 1. The molecule has 24 heavy (non-hydrogen) atoms. The van der Waals surface area contributed by atoms with Crippen LogP contribution in [0.1, 0.15) is 29.6 Å². The molecule has 2 aliphatic heterocycles. The zero-order chi connectivity index (χ0) is 16.6. The van der Waals surface area contributed by atoms with Crippen LogP contribution >= 0.6 is 0 Å². The fraction of sp³-hybridized carbons (Fsp3) is 0.444. The van der Waals surface area contributed by atoms with Gasteiger partial charge in [-0.05, 0) is 30.7 Å². The van der Waals surface area contributed by atoms with Crippen LogP contribution in [0.4, 0.5) is 5.69 Å². The quantitative estimate of drug-likeness (QED) is 0.914. The van der Waals surface area contributed by atoms with Crippen LogP contribution in [0, 0.1) is 0 Å². The third kappa shape index (κ3) is 2.72. The first-order valence-electron chi connectivity index (χ1n) is 8.32. The van der Waals surface area contributed by atoms with E-state index in [-0.39, 0.29) is 5.56 Å². The summed E-state index contributed by atoms with van der Waals surface area (Å²) in [6.07, 6.45) is 4.14. The SMILES string of the molecule is O=C(O)c1ccnc2ccc(N3CCC4(CC3)OCCCO4)cc12. The van der Waals surface area contributed by atoms with E-state index in [0.29, 0.717) is 10.9 Å². The summed E-state index contributed by atoms with van der Waals surface area (Å²) in [5, 5.41) is 10.0. The molecule has 6 nitrogen and oxygen atoms in total. The fourth-order valence-corrected chi connectivity index (χ4v) is 3.53. The molecule has 1 aromatic carbocycles. The van der Waals surface area contributed by atoms with Crippen LogP contribution < -0.4 is 4.90 Å². The Morgan fingerprint density at radius 2 is 1.92 bits per heavy atom. The number of fused-ring (bicyclic) bond motifs is 1. The Hall–Kier alpha value is -2.18. The van der Waals surface area contributed by atoms with Gasteiger partial charge in [-0.2, -0.15) is 0 Å². The van der Waals surface area contributed by atoms with Gasteiger partial charge in [0.15, 0.2) is 5.79 Å². The summed E-state index contributed by atoms with van der Waals surface area (Å²) in [5.41, 5.74) is 2.00. The van der Waals surface area contributed by atoms with Crippen LogP contribution in [-0.2, 0) is 9.47 Å². The number of rotatable bonds is 2. The van der Waals surface area contributed by atoms with Crippen molar-refractivity contribution in [1.82, 2.24) is 4.98 Å². The van der Waals surface area contributed by atoms with Crippen LogP contribution in [0.3, 0.4) is 0 Å². The molecule has 2 aliphatic rings. The molecule has 1 aromatic heterocycles. The second kappa shape index (κ2) is 6.03. The first-order valence-corrected chi connectivity index (χ1v) is 8.32. The second-order valence-corrected chi connectivity index (χ2v) is 6.31. The van der Waals surface area contributed by atoms with Gasteiger partial charge >= 0.3 is 5.97 Å². The Bertz CT molecular complexity index is 761. The van der Waals surface area contributed by atoms with E-state index in [9.17, 15) is 9.90 Å². The average molecular weight is 328 g/mol. The highest BCUT2D eigenvalue weighted by molar-refractivity contribution is 6.03. The minimum absolute atomic E-state index is 0.286. The number of nitrogens with zero attached hydrogens (tertiary/aromatic N) is 2. The molecule has 0 unspecified atom stereocenters. The van der Waals surface area contributed by atoms with Crippen molar-refractivity contribution < 1.29 is 19.4 Å². The molecule has 0 aliphatic carbocycles. The number of carboxylic acid groups (broad SMARTS) is 1. The summed E-state index contributed by atoms with van der Waals surface area (Å²) in [5.74, 6) is -1.35. The summed E-state index contributed by atoms with van der Waals surface area (Å²) < 4.78 is 11.7. The third-order valence-corrected chi connectivity index (χ3v) is 4.86. The number of pyridine rings is 1. The second-order valence-electron chi connectivity index (χ2n) is 6.31. The third-order valence-electron chi connectivity index (χ3n) is 4.86. The first kappa shape index (κ1) is 15.4. The molecule has 1 N–H and O–H groups in total. The number of piperidine rings is 1. The summed E-state index contributed by atoms with van der Waals surface area (Å²) in [7, 11) is 0. The molecule has 1 spiro atoms. The summed E-state index contributed by atoms with van der Waals surface area (Å²) in [4.78, 5) is 17.9. The van der Waals surface area contributed by atoms with Crippen molar-refractivity contribution >= 4 is 22.6 Å². The Balaban J connectivity index is 1.59. The van der Waals surface area contributed by atoms with E-state index in [1.54, 1.807) is 6.07 Å². The maximum absolute atomic E-state index is 11.4. The van der Waals surface area contributed by atoms with Crippen LogP contribution in [0.25, 0.3) is 10.9 Å². The maximum atomic E-state index is 11.4. The summed E-state index contributed by atoms with van der Waals surface area (Å²) >= 11 is 0. The molecule has 0 amide bonds. The lowest BCUT2D eigenvalue weighted by Crippen LogP contribution is -2.50. The first-order chi connectivity index (χ1) is 11.7. The van der Waals surface area contributed by atoms with Gasteiger partial charge in [-0.3, -0.25) is 4.98 Å². The standard InChI is InChI=1S/C18H20N2O4/c21-17(22)14-4-7-19-16-3-2-13(12-15(14)16)20-8-5-18(6-9-20)23-10-1-11-24-18/h2-4,7,12H,1,5-6,8-11H2,(H,21,22). The minimum atomic E-state index is -0.929. The van der Waals surface area contributed by atoms with Crippen molar-refractivity contribution in [3.05, 3.63) is 36.0 Å². The van der Waals surface area contributed by atoms with Gasteiger partial charge in [-0.25, -0.2) is 4.79 Å². The molecule has 2 fully saturated rings. The molecule has 0 bridgehead atoms. The number of hydrogen-bond acceptors (Lipinski definition) is 5. The molecule has 126 valence electrons. The minimum Gasteiger partial charge on any atom is -0.478 e. The number of hydrogen-bond donors (Lipinski definition) is 1. The monoisotopic (exact) mass is 328 g/mol. The van der Waals surface area contributed by atoms with Gasteiger partial charge in [0.05, 0.1) is 24.3 Å². The van der Waals surface area contributed by atoms with E-state index in [2.05, 4.69) is 9.88 Å². The Kier molecular flexibility index (Phi) is 3.86. The topological polar surface area (TPSA) is 71.9 Å². The Morgan fingerprint density at radius 3 is 2.62 bits per heavy atom. The van der Waals surface area contributed by atoms with Crippen LogP contribution in [0.5, 0.6) is 0 Å². The van der Waals surface area contributed by atoms with E-state index >= 15 is 0 Å². The summed E-state index contributed by atoms with van der Waals surface area (Å²) in [6, 6.07) is 7.35. The van der Waals surface area contributed by atoms with Crippen molar-refractivity contribution in [3.8, 4) is 0 Å². The number of ether oxygens (including phenoxy) is 2. The zero-order valence-corrected chi connectivity index (χ0v) is 13.4. The average Bonchev–Trinajstić information content (AvgIpc) is 2.62. The molecule has 2 aromatic rings. The predicted molar refractivity (Wildman–Crippen MR) is 89.4 cm³/mol. The molecule has 0 radical (unpaired) electrons. The molecular weight excluding hydrogens is 308 g/mol. The van der Waals surface area contributed by atoms with Crippen LogP contribution in [0.15, 0.2) is 30.5 Å². The van der Waals surface area contributed by atoms with Gasteiger partial charge in [-0.15, -0.1) is 0 Å². The van der Waals surface area contributed by atoms with E-state index in [1.807, 2.05) is 18.2 Å². The van der Waals surface area contributed by atoms with E-state index in [4.69, 9.17) is 9.47 Å². The predicted octanol–water partition coefficient (Wildman–Crippen LogP) is 2.67. The van der Waals surface area contributed by atoms with Crippen molar-refractivity contribution in [2.75, 3.05) is 31.2 Å². The lowest BCUT2D eigenvalue weighted by atomic mass is 10.0. The molecule has 0 saturated carbocycles. The Morgan fingerprint density at radius 1 is 1.17 bits per heavy atom. The molecule has 2 saturated heterocycles. The number of aromatic carboxylic acids is 1. The van der Waals surface area contributed by atoms with Gasteiger partial charge < -0.3 is 19.5 Å². The number of aromatic nitrogens is 1. The molecule has 6 heteroatoms. The highest BCUT2D eigenvalue weighted by atomic mass is 16.7. The van der Waals surface area contributed by atoms with Gasteiger partial charge in [0, 0.05) is 43.2 Å². The zero-order valence-electron chi connectivity index (χ0n) is 13.4. The molecular formula is C18H20N2O4. The van der Waals surface area contributed by atoms with E-state index in [1.165, 1.54) is 6.20 Å². The van der Waals surface area contributed by atoms with Crippen LogP contribution in [-0.4, -0.2) is 48.2 Å². The van der Waals surface area contributed by atoms with E-state index in [0.717, 1.165) is 51.3 Å². The number of carbonyl (C=O) groups is 1. The van der Waals surface area contributed by atoms with Crippen LogP contribution in [0.2, 0.25) is 0 Å². The number of benzene rings is 1. The smallest absolute Gasteiger partial charge is 0.336 e. The van der Waals surface area contributed by atoms with Crippen molar-refractivity contribution in [2.24, 2.45) is 0 Å². The van der Waals surface area contributed by atoms with Gasteiger partial charge in [0.1, 0.15) is 0 Å². The largest absolute Gasteiger partial charge is 0.478 e. The molecule has 3 heterocycles. The normalized spacial score (nSPS) is 20.4. The molecule has 4 rings (SSSR count). The molecule has 0 atom stereocenters. The fourth-order valence-electron chi connectivity index (χ4n) is 3.53. The highest BCUT2D eigenvalue weighted by Gasteiger charge is 2.38. The maximum Gasteiger partial charge on any atom is 0.336 e. The lowest BCUT2D eigenvalue weighted by molar-refractivity contribution is -0.275. The van der Waals surface area contributed by atoms with Crippen molar-refractivity contribution in [2.45, 2.75) is 25.0 Å². The summed E-state index contributed by atoms with van der Waals surface area (Å²) in [6.45, 7) is 3.19. The highest BCUT2D eigenvalue weighted by Crippen LogP contribution is 2.33. The van der Waals surface area contributed by atoms with Gasteiger partial charge in [0.2, 0.25) is 0 Å². The van der Waals surface area contributed by atoms with Crippen molar-refractivity contribution in [3.63, 3.8) is 0 Å². The lowest BCUT2D eigenvalue weighted by Gasteiger charge is -2.44. The number of anilines is 1.